The third-order valence-corrected chi connectivity index (χ3v) is 5.11. The molecule has 0 saturated heterocycles. The van der Waals surface area contributed by atoms with E-state index in [1.807, 2.05) is 0 Å². The molecular formula is C20H27N5O3. The number of carbonyl (C=O) groups excluding carboxylic acids is 2. The fourth-order valence-electron chi connectivity index (χ4n) is 3.45. The normalized spacial score (nSPS) is 14.0. The molecule has 3 rings (SSSR count). The number of allylic oxidation sites excluding steroid dienone is 1. The van der Waals surface area contributed by atoms with Gasteiger partial charge in [0.1, 0.15) is 5.82 Å². The number of imidazole rings is 1. The average Bonchev–Trinajstić information content (AvgIpc) is 2.91. The van der Waals surface area contributed by atoms with Crippen LogP contribution in [-0.2, 0) is 23.7 Å². The van der Waals surface area contributed by atoms with E-state index < -0.39 is 0 Å². The van der Waals surface area contributed by atoms with Crippen molar-refractivity contribution in [2.75, 3.05) is 11.9 Å². The van der Waals surface area contributed by atoms with Crippen LogP contribution in [0.2, 0.25) is 0 Å². The maximum atomic E-state index is 12.1. The SMILES string of the molecule is Cn1c(=O)n(C)c2nc(NC(=O)CCC(=O)NCCC3=CCCCC3)ccc21. The minimum Gasteiger partial charge on any atom is -0.356 e. The lowest BCUT2D eigenvalue weighted by Crippen LogP contribution is -2.26. The highest BCUT2D eigenvalue weighted by Gasteiger charge is 2.12. The van der Waals surface area contributed by atoms with Gasteiger partial charge < -0.3 is 10.6 Å². The molecule has 0 radical (unpaired) electrons. The first kappa shape index (κ1) is 19.9. The molecule has 8 nitrogen and oxygen atoms in total. The van der Waals surface area contributed by atoms with Gasteiger partial charge in [0.05, 0.1) is 5.52 Å². The molecular weight excluding hydrogens is 358 g/mol. The van der Waals surface area contributed by atoms with Crippen LogP contribution in [0, 0.1) is 0 Å². The van der Waals surface area contributed by atoms with Crippen molar-refractivity contribution in [1.29, 1.82) is 0 Å². The van der Waals surface area contributed by atoms with Crippen molar-refractivity contribution >= 4 is 28.8 Å². The molecule has 0 fully saturated rings. The Kier molecular flexibility index (Phi) is 6.28. The summed E-state index contributed by atoms with van der Waals surface area (Å²) in [6.07, 6.45) is 8.14. The minimum atomic E-state index is -0.280. The highest BCUT2D eigenvalue weighted by atomic mass is 16.2. The van der Waals surface area contributed by atoms with Crippen LogP contribution in [-0.4, -0.2) is 32.5 Å². The fraction of sp³-hybridized carbons (Fsp3) is 0.500. The zero-order chi connectivity index (χ0) is 20.1. The molecule has 28 heavy (non-hydrogen) atoms. The van der Waals surface area contributed by atoms with E-state index in [9.17, 15) is 14.4 Å². The lowest BCUT2D eigenvalue weighted by Gasteiger charge is -2.12. The molecule has 0 spiro atoms. The number of carbonyl (C=O) groups is 2. The highest BCUT2D eigenvalue weighted by Crippen LogP contribution is 2.19. The zero-order valence-electron chi connectivity index (χ0n) is 16.5. The van der Waals surface area contributed by atoms with E-state index in [-0.39, 0.29) is 30.3 Å². The predicted molar refractivity (Wildman–Crippen MR) is 108 cm³/mol. The second-order valence-corrected chi connectivity index (χ2v) is 7.20. The number of hydrogen-bond donors (Lipinski definition) is 2. The molecule has 1 aliphatic rings. The van der Waals surface area contributed by atoms with Gasteiger partial charge in [-0.1, -0.05) is 11.6 Å². The van der Waals surface area contributed by atoms with Crippen LogP contribution >= 0.6 is 0 Å². The van der Waals surface area contributed by atoms with Gasteiger partial charge in [0.2, 0.25) is 11.8 Å². The van der Waals surface area contributed by atoms with Gasteiger partial charge in [-0.05, 0) is 44.2 Å². The van der Waals surface area contributed by atoms with Crippen LogP contribution in [0.1, 0.15) is 44.9 Å². The first-order valence-corrected chi connectivity index (χ1v) is 9.72. The Bertz CT molecular complexity index is 970. The zero-order valence-corrected chi connectivity index (χ0v) is 16.5. The van der Waals surface area contributed by atoms with Crippen molar-refractivity contribution in [2.24, 2.45) is 14.1 Å². The van der Waals surface area contributed by atoms with Gasteiger partial charge in [0.15, 0.2) is 5.65 Å². The summed E-state index contributed by atoms with van der Waals surface area (Å²) in [7, 11) is 3.31. The van der Waals surface area contributed by atoms with E-state index in [2.05, 4.69) is 21.7 Å². The number of anilines is 1. The largest absolute Gasteiger partial charge is 0.356 e. The van der Waals surface area contributed by atoms with Gasteiger partial charge >= 0.3 is 5.69 Å². The Morgan fingerprint density at radius 2 is 1.89 bits per heavy atom. The molecule has 2 aromatic rings. The van der Waals surface area contributed by atoms with E-state index >= 15 is 0 Å². The van der Waals surface area contributed by atoms with Crippen LogP contribution in [0.3, 0.4) is 0 Å². The summed E-state index contributed by atoms with van der Waals surface area (Å²) in [4.78, 5) is 40.3. The topological polar surface area (TPSA) is 98.0 Å². The lowest BCUT2D eigenvalue weighted by atomic mass is 9.97. The molecule has 2 aromatic heterocycles. The van der Waals surface area contributed by atoms with Crippen molar-refractivity contribution < 1.29 is 9.59 Å². The van der Waals surface area contributed by atoms with E-state index in [4.69, 9.17) is 0 Å². The van der Waals surface area contributed by atoms with E-state index in [1.54, 1.807) is 26.2 Å². The molecule has 2 N–H and O–H groups in total. The fourth-order valence-corrected chi connectivity index (χ4v) is 3.45. The Labute approximate surface area is 163 Å². The molecule has 2 amide bonds. The van der Waals surface area contributed by atoms with Crippen LogP contribution in [0.5, 0.6) is 0 Å². The lowest BCUT2D eigenvalue weighted by molar-refractivity contribution is -0.124. The van der Waals surface area contributed by atoms with Crippen LogP contribution < -0.4 is 16.3 Å². The Hall–Kier alpha value is -2.90. The summed E-state index contributed by atoms with van der Waals surface area (Å²) >= 11 is 0. The monoisotopic (exact) mass is 385 g/mol. The summed E-state index contributed by atoms with van der Waals surface area (Å²) in [5.74, 6) is -0.0401. The molecule has 0 unspecified atom stereocenters. The molecule has 0 saturated carbocycles. The highest BCUT2D eigenvalue weighted by molar-refractivity contribution is 5.93. The molecule has 0 atom stereocenters. The Morgan fingerprint density at radius 3 is 2.64 bits per heavy atom. The molecule has 2 heterocycles. The summed E-state index contributed by atoms with van der Waals surface area (Å²) < 4.78 is 2.93. The third-order valence-electron chi connectivity index (χ3n) is 5.11. The molecule has 150 valence electrons. The third kappa shape index (κ3) is 4.68. The van der Waals surface area contributed by atoms with Gasteiger partial charge in [-0.15, -0.1) is 0 Å². The standard InChI is InChI=1S/C20H27N5O3/c1-24-15-8-9-16(23-19(15)25(2)20(24)28)22-18(27)11-10-17(26)21-13-12-14-6-4-3-5-7-14/h6,8-9H,3-5,7,10-13H2,1-2H3,(H,21,26)(H,22,23,27). The Balaban J connectivity index is 1.45. The smallest absolute Gasteiger partial charge is 0.329 e. The molecule has 8 heteroatoms. The van der Waals surface area contributed by atoms with Crippen molar-refractivity contribution in [2.45, 2.75) is 44.9 Å². The van der Waals surface area contributed by atoms with Crippen molar-refractivity contribution in [3.63, 3.8) is 0 Å². The van der Waals surface area contributed by atoms with Gasteiger partial charge in [-0.25, -0.2) is 9.78 Å². The number of aryl methyl sites for hydroxylation is 2. The van der Waals surface area contributed by atoms with Crippen molar-refractivity contribution in [3.8, 4) is 0 Å². The summed E-state index contributed by atoms with van der Waals surface area (Å²) in [5.41, 5.74) is 2.44. The van der Waals surface area contributed by atoms with Crippen molar-refractivity contribution in [1.82, 2.24) is 19.4 Å². The van der Waals surface area contributed by atoms with E-state index in [1.165, 1.54) is 27.5 Å². The Morgan fingerprint density at radius 1 is 1.11 bits per heavy atom. The van der Waals surface area contributed by atoms with Crippen LogP contribution in [0.25, 0.3) is 11.2 Å². The minimum absolute atomic E-state index is 0.0853. The molecule has 0 aliphatic heterocycles. The summed E-state index contributed by atoms with van der Waals surface area (Å²) in [6, 6.07) is 3.39. The van der Waals surface area contributed by atoms with Crippen molar-refractivity contribution in [3.05, 3.63) is 34.3 Å². The summed E-state index contributed by atoms with van der Waals surface area (Å²) in [6.45, 7) is 0.618. The van der Waals surface area contributed by atoms with Gasteiger partial charge in [0.25, 0.3) is 0 Å². The number of nitrogens with one attached hydrogen (secondary N) is 2. The molecule has 0 bridgehead atoms. The number of amides is 2. The second kappa shape index (κ2) is 8.86. The molecule has 0 aromatic carbocycles. The number of rotatable bonds is 7. The predicted octanol–water partition coefficient (Wildman–Crippen LogP) is 2.00. The first-order chi connectivity index (χ1) is 13.5. The van der Waals surface area contributed by atoms with Crippen LogP contribution in [0.4, 0.5) is 5.82 Å². The first-order valence-electron chi connectivity index (χ1n) is 9.72. The average molecular weight is 385 g/mol. The van der Waals surface area contributed by atoms with Gasteiger partial charge in [-0.3, -0.25) is 18.7 Å². The van der Waals surface area contributed by atoms with E-state index in [0.29, 0.717) is 23.5 Å². The number of nitrogens with zero attached hydrogens (tertiary/aromatic N) is 3. The number of fused-ring (bicyclic) bond motifs is 1. The maximum absolute atomic E-state index is 12.1. The van der Waals surface area contributed by atoms with Gasteiger partial charge in [0, 0.05) is 33.5 Å². The number of pyridine rings is 1. The molecule has 1 aliphatic carbocycles. The summed E-state index contributed by atoms with van der Waals surface area (Å²) in [5, 5.41) is 5.56. The second-order valence-electron chi connectivity index (χ2n) is 7.20. The van der Waals surface area contributed by atoms with Crippen LogP contribution in [0.15, 0.2) is 28.6 Å². The maximum Gasteiger partial charge on any atom is 0.329 e. The quantitative estimate of drug-likeness (QED) is 0.712. The van der Waals surface area contributed by atoms with E-state index in [0.717, 1.165) is 19.3 Å². The number of aromatic nitrogens is 3. The van der Waals surface area contributed by atoms with Gasteiger partial charge in [-0.2, -0.15) is 0 Å². The number of hydrogen-bond acceptors (Lipinski definition) is 4.